The number of hydrogen-bond donors (Lipinski definition) is 26. The molecule has 3 saturated heterocycles. The minimum Gasteiger partial charge on any atom is -0.508 e. The first-order valence-corrected chi connectivity index (χ1v) is 53.4. The molecule has 4 heterocycles. The molecule has 0 radical (unpaired) electrons. The number of aromatic nitrogens is 1. The average Bonchev–Trinajstić information content (AvgIpc) is 1.65. The zero-order valence-corrected chi connectivity index (χ0v) is 87.3. The molecule has 0 spiro atoms. The molecule has 814 valence electrons. The molecule has 49 nitrogen and oxygen atoms in total. The lowest BCUT2D eigenvalue weighted by Gasteiger charge is -2.30. The van der Waals surface area contributed by atoms with Gasteiger partial charge < -0.3 is 138 Å². The Morgan fingerprint density at radius 2 is 0.847 bits per heavy atom. The Morgan fingerprint density at radius 3 is 1.41 bits per heavy atom. The van der Waals surface area contributed by atoms with E-state index >= 15 is 33.6 Å². The number of fused-ring (bicyclic) bond motifs is 10. The first-order chi connectivity index (χ1) is 71.2. The van der Waals surface area contributed by atoms with Crippen LogP contribution in [-0.2, 0) is 136 Å². The van der Waals surface area contributed by atoms with Crippen molar-refractivity contribution < 1.29 is 126 Å². The summed E-state index contributed by atoms with van der Waals surface area (Å²) in [4.78, 5) is 339. The number of primary amides is 1. The first-order valence-electron chi connectivity index (χ1n) is 48.4. The number of carboxylic acid groups (broad SMARTS) is 1. The third-order valence-electron chi connectivity index (χ3n) is 24.0. The third kappa shape index (κ3) is 38.8. The molecule has 4 bridgehead atoms. The SMILES string of the molecule is CC[C@H](C)[C@@H]1NC(=O)CNC(=O)[C@H](CC(C)C)NC(=O)[C@@H]2CSSC[C@@H]3NC(=O)CNC(=O)[C@H](C)NC(=O)[C@H](Cc4ccccc4)NC(=O)[C@H](CC(=O)N2)NC(=O)[C@H](CC(N)=O)NC(=O)[C@H](CSSC[C@@H](C(=O)N[C@@H](Cc2ccccc2)C(=O)N[C@@H](Cc2c[nH]c4ccccc24)C(=O)O)NC(=O)[C@H](C(C)C)NC(=O)[C@H](C(C)C)NC(=O)[C@H](C)NC(=O)[C@H](Cc2ccc(O)cc2)NC(=O)CNC3=O)NC(=O)[C@H](CO)NC(=O)CNC1=O. The van der Waals surface area contributed by atoms with Gasteiger partial charge in [-0.2, -0.15) is 0 Å². The van der Waals surface area contributed by atoms with Crippen LogP contribution in [0.2, 0.25) is 0 Å². The summed E-state index contributed by atoms with van der Waals surface area (Å²) in [5.74, 6) is -32.8. The molecule has 3 aliphatic heterocycles. The van der Waals surface area contributed by atoms with E-state index in [9.17, 15) is 92.0 Å². The van der Waals surface area contributed by atoms with Gasteiger partial charge in [-0.05, 0) is 84.4 Å². The smallest absolute Gasteiger partial charge is 0.326 e. The van der Waals surface area contributed by atoms with E-state index in [0.717, 1.165) is 21.6 Å². The maximum absolute atomic E-state index is 15.6. The zero-order chi connectivity index (χ0) is 110. The Bertz CT molecular complexity index is 5670. The number of amides is 22. The number of carboxylic acids is 1. The number of H-pyrrole nitrogens is 1. The molecule has 150 heavy (non-hydrogen) atoms. The highest BCUT2D eigenvalue weighted by Crippen LogP contribution is 2.27. The minimum absolute atomic E-state index is 0.190. The van der Waals surface area contributed by atoms with Crippen LogP contribution in [0.15, 0.2) is 115 Å². The predicted octanol–water partition coefficient (Wildman–Crippen LogP) is -5.56. The Labute approximate surface area is 879 Å². The maximum Gasteiger partial charge on any atom is 0.326 e. The number of aliphatic carboxylic acids is 1. The van der Waals surface area contributed by atoms with Crippen LogP contribution in [0.5, 0.6) is 5.75 Å². The summed E-state index contributed by atoms with van der Waals surface area (Å²) < 4.78 is 0. The van der Waals surface area contributed by atoms with Crippen molar-refractivity contribution in [3.05, 3.63) is 138 Å². The van der Waals surface area contributed by atoms with Crippen molar-refractivity contribution in [1.82, 2.24) is 117 Å². The molecular formula is C97H131N23O26S4. The highest BCUT2D eigenvalue weighted by atomic mass is 33.1. The summed E-state index contributed by atoms with van der Waals surface area (Å²) in [5, 5.41) is 84.2. The van der Waals surface area contributed by atoms with Crippen LogP contribution in [-0.4, -0.2) is 315 Å². The molecule has 53 heteroatoms. The molecule has 0 aliphatic carbocycles. The molecular weight excluding hydrogens is 2030 g/mol. The molecule has 1 aromatic heterocycles. The number of aliphatic hydroxyl groups excluding tert-OH is 1. The Morgan fingerprint density at radius 1 is 0.400 bits per heavy atom. The topological polar surface area (TPSA) is 748 Å². The van der Waals surface area contributed by atoms with Gasteiger partial charge in [-0.3, -0.25) is 105 Å². The lowest BCUT2D eigenvalue weighted by Crippen LogP contribution is -2.62. The van der Waals surface area contributed by atoms with Crippen molar-refractivity contribution in [2.24, 2.45) is 29.4 Å². The summed E-state index contributed by atoms with van der Waals surface area (Å²) in [6.07, 6.45) is -2.33. The van der Waals surface area contributed by atoms with Crippen molar-refractivity contribution in [1.29, 1.82) is 0 Å². The van der Waals surface area contributed by atoms with E-state index in [-0.39, 0.29) is 37.9 Å². The second-order valence-electron chi connectivity index (χ2n) is 37.2. The van der Waals surface area contributed by atoms with Crippen molar-refractivity contribution >= 4 is 190 Å². The molecule has 3 aliphatic rings. The van der Waals surface area contributed by atoms with Crippen LogP contribution in [0.3, 0.4) is 0 Å². The second kappa shape index (κ2) is 59.5. The second-order valence-corrected chi connectivity index (χ2v) is 42.3. The standard InChI is InChI=1S/C97H131N23O26S4/c1-11-50(8)80-94(142)103-40-75(126)107-67(42-121)90(138)116-70-45-149-150-46-71(93(141)112-63(32-54-22-16-13-17-23-54)87(135)115-66(97(145)146)34-56-37-99-59-25-19-18-24-58(56)59)117-95(143)78(48(4)5)120-96(144)79(49(6)7)119-82(130)52(10)105-85(133)61(33-55-26-28-57(122)29-27-55)106-74(125)39-102-84(132)68-43-147-148-44-69(91(139)110-60(30-47(2)3)83(131)101-41-77(128)118-80)108-73(124)36-65(114-88(136)64(35-72(98)123)113-92(70)140)89(137)111-62(31-53-20-14-12-15-21-53)86(134)104-51(9)81(129)100-38-76(127)109-68/h12-29,37,47-52,60-71,78-80,99,121-122H,11,30-36,38-46H2,1-10H3,(H2,98,123)(H,100,129)(H,101,131)(H,102,132)(H,103,142)(H,104,134)(H,105,133)(H,106,125)(H,107,126)(H,108,124)(H,109,127)(H,110,139)(H,111,137)(H,112,141)(H,113,140)(H,114,136)(H,115,135)(H,116,138)(H,117,143)(H,118,128)(H,119,130)(H,120,144)(H,145,146)/t50-,51-,52-,60-,61-,62-,63-,64-,65-,66-,67-,68-,69-,70-,71-,78-,79-,80-/m0/s1. The minimum atomic E-state index is -2.32. The number of nitrogens with one attached hydrogen (secondary N) is 22. The zero-order valence-electron chi connectivity index (χ0n) is 84.1. The van der Waals surface area contributed by atoms with Gasteiger partial charge in [-0.1, -0.05) is 196 Å². The largest absolute Gasteiger partial charge is 0.508 e. The van der Waals surface area contributed by atoms with Gasteiger partial charge in [0.25, 0.3) is 0 Å². The average molecular weight is 2160 g/mol. The maximum atomic E-state index is 15.6. The fraction of sp³-hybridized carbons (Fsp3) is 0.495. The number of phenols is 1. The first kappa shape index (κ1) is 121. The molecule has 18 atom stereocenters. The summed E-state index contributed by atoms with van der Waals surface area (Å²) in [7, 11) is 2.72. The van der Waals surface area contributed by atoms with Gasteiger partial charge in [-0.25, -0.2) is 4.79 Å². The number of carbonyl (C=O) groups is 23. The number of aliphatic hydroxyl groups is 1. The Hall–Kier alpha value is -14.6. The predicted molar refractivity (Wildman–Crippen MR) is 552 cm³/mol. The fourth-order valence-electron chi connectivity index (χ4n) is 15.4. The van der Waals surface area contributed by atoms with Gasteiger partial charge in [-0.15, -0.1) is 0 Å². The Kier molecular flexibility index (Phi) is 47.9. The highest BCUT2D eigenvalue weighted by Gasteiger charge is 2.42. The van der Waals surface area contributed by atoms with Gasteiger partial charge >= 0.3 is 5.97 Å². The van der Waals surface area contributed by atoms with Crippen LogP contribution < -0.4 is 117 Å². The van der Waals surface area contributed by atoms with E-state index in [1.807, 2.05) is 0 Å². The fourth-order valence-corrected chi connectivity index (χ4v) is 20.1. The number of para-hydroxylation sites is 1. The van der Waals surface area contributed by atoms with E-state index in [1.54, 1.807) is 107 Å². The molecule has 22 amide bonds. The number of nitrogens with two attached hydrogens (primary N) is 1. The van der Waals surface area contributed by atoms with Gasteiger partial charge in [0.1, 0.15) is 108 Å². The lowest BCUT2D eigenvalue weighted by molar-refractivity contribution is -0.142. The van der Waals surface area contributed by atoms with Crippen molar-refractivity contribution in [3.8, 4) is 5.75 Å². The summed E-state index contributed by atoms with van der Waals surface area (Å²) in [6, 6.07) is -2.36. The monoisotopic (exact) mass is 2160 g/mol. The van der Waals surface area contributed by atoms with E-state index in [2.05, 4.69) is 117 Å². The normalized spacial score (nSPS) is 24.8. The van der Waals surface area contributed by atoms with Crippen LogP contribution in [0.25, 0.3) is 10.9 Å². The number of phenolic OH excluding ortho intramolecular Hbond substituents is 1. The van der Waals surface area contributed by atoms with E-state index in [4.69, 9.17) is 5.73 Å². The number of benzene rings is 4. The van der Waals surface area contributed by atoms with Gasteiger partial charge in [0.05, 0.1) is 45.6 Å². The van der Waals surface area contributed by atoms with Crippen molar-refractivity contribution in [2.75, 3.05) is 55.8 Å². The lowest BCUT2D eigenvalue weighted by atomic mass is 9.98. The van der Waals surface area contributed by atoms with Crippen molar-refractivity contribution in [3.63, 3.8) is 0 Å². The Balaban J connectivity index is 1.31. The molecule has 5 aromatic rings. The van der Waals surface area contributed by atoms with Crippen LogP contribution >= 0.6 is 43.2 Å². The van der Waals surface area contributed by atoms with E-state index in [0.29, 0.717) is 54.7 Å². The van der Waals surface area contributed by atoms with E-state index in [1.165, 1.54) is 77.9 Å². The molecule has 27 N–H and O–H groups in total. The highest BCUT2D eigenvalue weighted by molar-refractivity contribution is 8.77. The summed E-state index contributed by atoms with van der Waals surface area (Å²) in [5.41, 5.74) is 8.02. The van der Waals surface area contributed by atoms with Crippen LogP contribution in [0.4, 0.5) is 0 Å². The molecule has 4 aromatic carbocycles. The molecule has 0 unspecified atom stereocenters. The molecule has 8 rings (SSSR count). The van der Waals surface area contributed by atoms with Gasteiger partial charge in [0.2, 0.25) is 130 Å². The van der Waals surface area contributed by atoms with Crippen LogP contribution in [0.1, 0.15) is 117 Å². The van der Waals surface area contributed by atoms with Gasteiger partial charge in [0.15, 0.2) is 0 Å². The third-order valence-corrected chi connectivity index (χ3v) is 28.8. The molecule has 0 saturated carbocycles. The number of aromatic hydroxyl groups is 1. The summed E-state index contributed by atoms with van der Waals surface area (Å²) in [6.45, 7) is 9.93. The number of hydrogen-bond acceptors (Lipinski definition) is 29. The van der Waals surface area contributed by atoms with Gasteiger partial charge in [0, 0.05) is 65.8 Å². The quantitative estimate of drug-likeness (QED) is 0.0287. The van der Waals surface area contributed by atoms with E-state index < -0.39 is 337 Å². The molecule has 3 fully saturated rings. The van der Waals surface area contributed by atoms with Crippen molar-refractivity contribution in [2.45, 2.75) is 223 Å². The number of rotatable bonds is 22. The number of carbonyl (C=O) groups excluding carboxylic acids is 22. The summed E-state index contributed by atoms with van der Waals surface area (Å²) >= 11 is 0. The van der Waals surface area contributed by atoms with Crippen LogP contribution in [0, 0.1) is 23.7 Å². The number of aromatic amines is 1.